The van der Waals surface area contributed by atoms with Crippen molar-refractivity contribution in [1.29, 1.82) is 0 Å². The number of imide groups is 1. The van der Waals surface area contributed by atoms with Crippen LogP contribution < -0.4 is 15.4 Å². The van der Waals surface area contributed by atoms with Crippen molar-refractivity contribution in [3.63, 3.8) is 0 Å². The van der Waals surface area contributed by atoms with Crippen molar-refractivity contribution in [3.05, 3.63) is 29.3 Å². The van der Waals surface area contributed by atoms with E-state index in [1.807, 2.05) is 26.0 Å². The van der Waals surface area contributed by atoms with Gasteiger partial charge >= 0.3 is 6.03 Å². The predicted octanol–water partition coefficient (Wildman–Crippen LogP) is 1.30. The molecule has 25 heavy (non-hydrogen) atoms. The summed E-state index contributed by atoms with van der Waals surface area (Å²) >= 11 is 0. The van der Waals surface area contributed by atoms with Crippen LogP contribution in [-0.4, -0.2) is 42.4 Å². The van der Waals surface area contributed by atoms with Gasteiger partial charge in [0.05, 0.1) is 7.11 Å². The average Bonchev–Trinajstić information content (AvgIpc) is 2.79. The fourth-order valence-corrected chi connectivity index (χ4v) is 3.63. The standard InChI is InChI=1S/C18H23N3O4/c1-11(2)19-15(22)10-21-16(23)18(20-17(21)24)8-4-5-12-9-13(25-3)6-7-14(12)18/h6-7,9,11H,4-5,8,10H2,1-3H3,(H,19,22)(H,20,24)/t18-/m1/s1. The lowest BCUT2D eigenvalue weighted by molar-refractivity contribution is -0.135. The van der Waals surface area contributed by atoms with E-state index in [0.29, 0.717) is 6.42 Å². The Labute approximate surface area is 146 Å². The van der Waals surface area contributed by atoms with Gasteiger partial charge in [-0.1, -0.05) is 6.07 Å². The van der Waals surface area contributed by atoms with Gasteiger partial charge in [0.1, 0.15) is 17.8 Å². The third kappa shape index (κ3) is 2.94. The molecule has 1 aliphatic heterocycles. The van der Waals surface area contributed by atoms with Crippen LogP contribution in [-0.2, 0) is 21.5 Å². The first-order valence-electron chi connectivity index (χ1n) is 8.48. The normalized spacial score (nSPS) is 22.2. The largest absolute Gasteiger partial charge is 0.497 e. The van der Waals surface area contributed by atoms with E-state index in [2.05, 4.69) is 10.6 Å². The number of methoxy groups -OCH3 is 1. The molecule has 2 N–H and O–H groups in total. The number of urea groups is 1. The minimum Gasteiger partial charge on any atom is -0.497 e. The van der Waals surface area contributed by atoms with Gasteiger partial charge in [0, 0.05) is 6.04 Å². The summed E-state index contributed by atoms with van der Waals surface area (Å²) in [5, 5.41) is 5.55. The van der Waals surface area contributed by atoms with Crippen LogP contribution in [0.2, 0.25) is 0 Å². The minimum atomic E-state index is -1.07. The van der Waals surface area contributed by atoms with Crippen LogP contribution >= 0.6 is 0 Å². The highest BCUT2D eigenvalue weighted by molar-refractivity contribution is 6.09. The Bertz CT molecular complexity index is 731. The van der Waals surface area contributed by atoms with Crippen molar-refractivity contribution in [2.45, 2.75) is 44.7 Å². The summed E-state index contributed by atoms with van der Waals surface area (Å²) in [6.45, 7) is 3.39. The number of amides is 4. The molecule has 7 nitrogen and oxygen atoms in total. The molecule has 0 aromatic heterocycles. The lowest BCUT2D eigenvalue weighted by atomic mass is 9.76. The molecule has 1 aliphatic carbocycles. The van der Waals surface area contributed by atoms with E-state index in [9.17, 15) is 14.4 Å². The molecule has 0 unspecified atom stereocenters. The number of nitrogens with zero attached hydrogens (tertiary/aromatic N) is 1. The average molecular weight is 345 g/mol. The van der Waals surface area contributed by atoms with Crippen LogP contribution in [0.1, 0.15) is 37.8 Å². The third-order valence-electron chi connectivity index (χ3n) is 4.70. The van der Waals surface area contributed by atoms with Crippen molar-refractivity contribution in [2.75, 3.05) is 13.7 Å². The SMILES string of the molecule is COc1ccc2c(c1)CCC[C@@]21NC(=O)N(CC(=O)NC(C)C)C1=O. The Balaban J connectivity index is 1.90. The van der Waals surface area contributed by atoms with E-state index in [0.717, 1.165) is 34.6 Å². The number of ether oxygens (including phenoxy) is 1. The van der Waals surface area contributed by atoms with Gasteiger partial charge in [0.25, 0.3) is 5.91 Å². The molecule has 1 atom stereocenters. The van der Waals surface area contributed by atoms with Crippen LogP contribution in [0.4, 0.5) is 4.79 Å². The molecular formula is C18H23N3O4. The lowest BCUT2D eigenvalue weighted by Gasteiger charge is -2.33. The highest BCUT2D eigenvalue weighted by atomic mass is 16.5. The highest BCUT2D eigenvalue weighted by Gasteiger charge is 2.54. The maximum absolute atomic E-state index is 13.1. The van der Waals surface area contributed by atoms with Gasteiger partial charge < -0.3 is 15.4 Å². The molecule has 0 radical (unpaired) electrons. The first kappa shape index (κ1) is 17.3. The number of fused-ring (bicyclic) bond motifs is 2. The van der Waals surface area contributed by atoms with Gasteiger partial charge in [-0.3, -0.25) is 14.5 Å². The van der Waals surface area contributed by atoms with Gasteiger partial charge in [-0.25, -0.2) is 4.79 Å². The maximum atomic E-state index is 13.1. The molecule has 134 valence electrons. The molecule has 1 fully saturated rings. The van der Waals surface area contributed by atoms with Crippen LogP contribution in [0.5, 0.6) is 5.75 Å². The minimum absolute atomic E-state index is 0.0508. The second-order valence-electron chi connectivity index (χ2n) is 6.83. The number of carbonyl (C=O) groups excluding carboxylic acids is 3. The number of aryl methyl sites for hydroxylation is 1. The van der Waals surface area contributed by atoms with Crippen molar-refractivity contribution in [2.24, 2.45) is 0 Å². The van der Waals surface area contributed by atoms with Gasteiger partial charge in [-0.05, 0) is 56.4 Å². The lowest BCUT2D eigenvalue weighted by Crippen LogP contribution is -2.47. The number of carbonyl (C=O) groups is 3. The summed E-state index contributed by atoms with van der Waals surface area (Å²) < 4.78 is 5.25. The molecule has 4 amide bonds. The zero-order valence-electron chi connectivity index (χ0n) is 14.7. The van der Waals surface area contributed by atoms with Gasteiger partial charge in [-0.15, -0.1) is 0 Å². The fraction of sp³-hybridized carbons (Fsp3) is 0.500. The smallest absolute Gasteiger partial charge is 0.325 e. The van der Waals surface area contributed by atoms with E-state index in [1.165, 1.54) is 0 Å². The Kier molecular flexibility index (Phi) is 4.41. The molecule has 1 spiro atoms. The molecule has 1 aromatic carbocycles. The van der Waals surface area contributed by atoms with E-state index in [-0.39, 0.29) is 24.4 Å². The van der Waals surface area contributed by atoms with E-state index in [1.54, 1.807) is 13.2 Å². The number of hydrogen-bond acceptors (Lipinski definition) is 4. The molecule has 0 saturated carbocycles. The monoisotopic (exact) mass is 345 g/mol. The highest BCUT2D eigenvalue weighted by Crippen LogP contribution is 2.41. The molecule has 2 aliphatic rings. The topological polar surface area (TPSA) is 87.7 Å². The molecule has 7 heteroatoms. The van der Waals surface area contributed by atoms with Gasteiger partial charge in [-0.2, -0.15) is 0 Å². The van der Waals surface area contributed by atoms with Crippen LogP contribution in [0.3, 0.4) is 0 Å². The van der Waals surface area contributed by atoms with Crippen molar-refractivity contribution >= 4 is 17.8 Å². The Hall–Kier alpha value is -2.57. The van der Waals surface area contributed by atoms with Crippen LogP contribution in [0.25, 0.3) is 0 Å². The van der Waals surface area contributed by atoms with Crippen LogP contribution in [0, 0.1) is 0 Å². The zero-order chi connectivity index (χ0) is 18.2. The van der Waals surface area contributed by atoms with Crippen molar-refractivity contribution in [1.82, 2.24) is 15.5 Å². The van der Waals surface area contributed by atoms with Gasteiger partial charge in [0.15, 0.2) is 0 Å². The van der Waals surface area contributed by atoms with Crippen molar-refractivity contribution in [3.8, 4) is 5.75 Å². The number of hydrogen-bond donors (Lipinski definition) is 2. The fourth-order valence-electron chi connectivity index (χ4n) is 3.63. The van der Waals surface area contributed by atoms with E-state index >= 15 is 0 Å². The molecule has 3 rings (SSSR count). The Morgan fingerprint density at radius 3 is 2.84 bits per heavy atom. The molecule has 1 aromatic rings. The first-order valence-corrected chi connectivity index (χ1v) is 8.48. The second kappa shape index (κ2) is 6.38. The summed E-state index contributed by atoms with van der Waals surface area (Å²) in [5.41, 5.74) is 0.715. The molecule has 0 bridgehead atoms. The molecule has 1 saturated heterocycles. The number of rotatable bonds is 4. The zero-order valence-corrected chi connectivity index (χ0v) is 14.7. The third-order valence-corrected chi connectivity index (χ3v) is 4.70. The summed E-state index contributed by atoms with van der Waals surface area (Å²) in [7, 11) is 1.60. The summed E-state index contributed by atoms with van der Waals surface area (Å²) in [6, 6.07) is 4.96. The van der Waals surface area contributed by atoms with E-state index in [4.69, 9.17) is 4.74 Å². The van der Waals surface area contributed by atoms with Crippen molar-refractivity contribution < 1.29 is 19.1 Å². The number of benzene rings is 1. The predicted molar refractivity (Wildman–Crippen MR) is 91.1 cm³/mol. The van der Waals surface area contributed by atoms with Gasteiger partial charge in [0.2, 0.25) is 5.91 Å². The Morgan fingerprint density at radius 2 is 2.16 bits per heavy atom. The quantitative estimate of drug-likeness (QED) is 0.805. The molecule has 1 heterocycles. The maximum Gasteiger partial charge on any atom is 0.325 e. The van der Waals surface area contributed by atoms with E-state index < -0.39 is 11.6 Å². The Morgan fingerprint density at radius 1 is 1.40 bits per heavy atom. The van der Waals surface area contributed by atoms with Crippen LogP contribution in [0.15, 0.2) is 18.2 Å². The first-order chi connectivity index (χ1) is 11.9. The summed E-state index contributed by atoms with van der Waals surface area (Å²) in [4.78, 5) is 38.5. The summed E-state index contributed by atoms with van der Waals surface area (Å²) in [6.07, 6.45) is 2.13. The second-order valence-corrected chi connectivity index (χ2v) is 6.83. The molecular weight excluding hydrogens is 322 g/mol. The number of nitrogens with one attached hydrogen (secondary N) is 2. The summed E-state index contributed by atoms with van der Waals surface area (Å²) in [5.74, 6) is 0.0181.